The van der Waals surface area contributed by atoms with Crippen molar-refractivity contribution in [2.45, 2.75) is 12.5 Å². The van der Waals surface area contributed by atoms with Crippen molar-refractivity contribution < 1.29 is 28.2 Å². The Kier molecular flexibility index (Phi) is 7.21. The van der Waals surface area contributed by atoms with Gasteiger partial charge in [0.15, 0.2) is 12.4 Å². The number of amides is 1. The normalized spacial score (nSPS) is 11.6. The summed E-state index contributed by atoms with van der Waals surface area (Å²) in [5, 5.41) is 3.62. The number of aromatic nitrogens is 1. The number of aromatic amines is 1. The summed E-state index contributed by atoms with van der Waals surface area (Å²) in [5.74, 6) is -1.35. The fraction of sp³-hybridized carbons (Fsp3) is 0.148. The van der Waals surface area contributed by atoms with Crippen molar-refractivity contribution in [3.8, 4) is 5.75 Å². The molecule has 2 N–H and O–H groups in total. The number of esters is 1. The van der Waals surface area contributed by atoms with Crippen molar-refractivity contribution in [3.63, 3.8) is 0 Å². The van der Waals surface area contributed by atoms with Gasteiger partial charge in [-0.2, -0.15) is 0 Å². The molecule has 0 radical (unpaired) electrons. The van der Waals surface area contributed by atoms with E-state index in [-0.39, 0.29) is 18.8 Å². The third-order valence-electron chi connectivity index (χ3n) is 5.51. The number of hydrogen-bond acceptors (Lipinski definition) is 5. The topological polar surface area (TPSA) is 97.5 Å². The summed E-state index contributed by atoms with van der Waals surface area (Å²) in [7, 11) is 1.27. The number of ketones is 1. The van der Waals surface area contributed by atoms with Crippen molar-refractivity contribution in [3.05, 3.63) is 102 Å². The fourth-order valence-electron chi connectivity index (χ4n) is 3.71. The molecule has 1 atom stereocenters. The highest BCUT2D eigenvalue weighted by Crippen LogP contribution is 2.20. The summed E-state index contributed by atoms with van der Waals surface area (Å²) in [5.41, 5.74) is 2.57. The van der Waals surface area contributed by atoms with Crippen LogP contribution in [-0.4, -0.2) is 42.4 Å². The minimum Gasteiger partial charge on any atom is -0.484 e. The number of ether oxygens (including phenoxy) is 2. The van der Waals surface area contributed by atoms with Crippen molar-refractivity contribution in [2.75, 3.05) is 13.7 Å². The van der Waals surface area contributed by atoms with Crippen LogP contribution < -0.4 is 10.1 Å². The molecule has 1 heterocycles. The van der Waals surface area contributed by atoms with Gasteiger partial charge < -0.3 is 19.8 Å². The Balaban J connectivity index is 1.35. The Morgan fingerprint density at radius 1 is 0.943 bits per heavy atom. The largest absolute Gasteiger partial charge is 0.484 e. The van der Waals surface area contributed by atoms with Crippen molar-refractivity contribution in [1.29, 1.82) is 0 Å². The zero-order valence-electron chi connectivity index (χ0n) is 18.9. The fourth-order valence-corrected chi connectivity index (χ4v) is 3.71. The SMILES string of the molecule is COC(=O)C(Cc1c[nH]c2ccccc12)NC(=O)COc1ccc(C(=O)c2ccc(F)cc2)cc1. The second kappa shape index (κ2) is 10.6. The first-order valence-electron chi connectivity index (χ1n) is 10.9. The van der Waals surface area contributed by atoms with E-state index in [1.54, 1.807) is 30.5 Å². The quantitative estimate of drug-likeness (QED) is 0.284. The molecule has 1 amide bonds. The predicted octanol–water partition coefficient (Wildman–Crippen LogP) is 3.82. The number of fused-ring (bicyclic) bond motifs is 1. The highest BCUT2D eigenvalue weighted by Gasteiger charge is 2.23. The summed E-state index contributed by atoms with van der Waals surface area (Å²) in [6.07, 6.45) is 2.06. The molecule has 0 fully saturated rings. The van der Waals surface area contributed by atoms with Crippen molar-refractivity contribution in [1.82, 2.24) is 10.3 Å². The molecule has 7 nitrogen and oxygen atoms in total. The first kappa shape index (κ1) is 23.7. The Hall–Kier alpha value is -4.46. The molecule has 0 bridgehead atoms. The molecule has 0 saturated heterocycles. The van der Waals surface area contributed by atoms with Crippen LogP contribution in [0.4, 0.5) is 4.39 Å². The Morgan fingerprint density at radius 2 is 1.60 bits per heavy atom. The molecule has 1 unspecified atom stereocenters. The molecule has 0 spiro atoms. The molecule has 1 aromatic heterocycles. The lowest BCUT2D eigenvalue weighted by Gasteiger charge is -2.16. The number of methoxy groups -OCH3 is 1. The number of hydrogen-bond donors (Lipinski definition) is 2. The Bertz CT molecular complexity index is 1350. The van der Waals surface area contributed by atoms with Crippen LogP contribution in [0.15, 0.2) is 79.0 Å². The molecule has 4 rings (SSSR count). The average Bonchev–Trinajstić information content (AvgIpc) is 3.29. The van der Waals surface area contributed by atoms with E-state index in [2.05, 4.69) is 10.3 Å². The van der Waals surface area contributed by atoms with Crippen LogP contribution in [0.25, 0.3) is 10.9 Å². The highest BCUT2D eigenvalue weighted by atomic mass is 19.1. The summed E-state index contributed by atoms with van der Waals surface area (Å²) in [4.78, 5) is 40.4. The summed E-state index contributed by atoms with van der Waals surface area (Å²) in [6, 6.07) is 18.3. The smallest absolute Gasteiger partial charge is 0.328 e. The van der Waals surface area contributed by atoms with Crippen LogP contribution in [0.2, 0.25) is 0 Å². The second-order valence-electron chi connectivity index (χ2n) is 7.86. The number of carbonyl (C=O) groups excluding carboxylic acids is 3. The van der Waals surface area contributed by atoms with E-state index in [0.29, 0.717) is 16.9 Å². The second-order valence-corrected chi connectivity index (χ2v) is 7.86. The van der Waals surface area contributed by atoms with Crippen LogP contribution in [-0.2, 0) is 20.7 Å². The zero-order chi connectivity index (χ0) is 24.8. The van der Waals surface area contributed by atoms with Gasteiger partial charge in [0.2, 0.25) is 0 Å². The average molecular weight is 474 g/mol. The molecule has 35 heavy (non-hydrogen) atoms. The predicted molar refractivity (Wildman–Crippen MR) is 128 cm³/mol. The van der Waals surface area contributed by atoms with Gasteiger partial charge in [0.1, 0.15) is 17.6 Å². The van der Waals surface area contributed by atoms with Crippen LogP contribution in [0, 0.1) is 5.82 Å². The van der Waals surface area contributed by atoms with E-state index in [4.69, 9.17) is 9.47 Å². The van der Waals surface area contributed by atoms with E-state index in [1.165, 1.54) is 31.4 Å². The number of para-hydroxylation sites is 1. The van der Waals surface area contributed by atoms with E-state index in [0.717, 1.165) is 16.5 Å². The van der Waals surface area contributed by atoms with Gasteiger partial charge in [0, 0.05) is 34.6 Å². The molecule has 0 saturated carbocycles. The number of nitrogens with one attached hydrogen (secondary N) is 2. The number of halogens is 1. The summed E-state index contributed by atoms with van der Waals surface area (Å²) >= 11 is 0. The van der Waals surface area contributed by atoms with Gasteiger partial charge in [-0.15, -0.1) is 0 Å². The maximum Gasteiger partial charge on any atom is 0.328 e. The third kappa shape index (κ3) is 5.73. The molecule has 3 aromatic carbocycles. The highest BCUT2D eigenvalue weighted by molar-refractivity contribution is 6.09. The van der Waals surface area contributed by atoms with Crippen molar-refractivity contribution in [2.24, 2.45) is 0 Å². The molecule has 8 heteroatoms. The zero-order valence-corrected chi connectivity index (χ0v) is 18.9. The Labute approximate surface area is 200 Å². The van der Waals surface area contributed by atoms with Crippen LogP contribution in [0.5, 0.6) is 5.75 Å². The molecular formula is C27H23FN2O5. The van der Waals surface area contributed by atoms with E-state index in [1.807, 2.05) is 24.3 Å². The van der Waals surface area contributed by atoms with Gasteiger partial charge in [-0.25, -0.2) is 9.18 Å². The van der Waals surface area contributed by atoms with Gasteiger partial charge >= 0.3 is 5.97 Å². The lowest BCUT2D eigenvalue weighted by atomic mass is 10.0. The maximum absolute atomic E-state index is 13.1. The van der Waals surface area contributed by atoms with Crippen LogP contribution in [0.3, 0.4) is 0 Å². The first-order chi connectivity index (χ1) is 16.9. The van der Waals surface area contributed by atoms with E-state index < -0.39 is 23.7 Å². The molecule has 178 valence electrons. The third-order valence-corrected chi connectivity index (χ3v) is 5.51. The van der Waals surface area contributed by atoms with Gasteiger partial charge in [-0.1, -0.05) is 18.2 Å². The van der Waals surface area contributed by atoms with Gasteiger partial charge in [0.05, 0.1) is 7.11 Å². The number of carbonyl (C=O) groups is 3. The monoisotopic (exact) mass is 474 g/mol. The molecular weight excluding hydrogens is 451 g/mol. The minimum atomic E-state index is -0.883. The molecule has 0 aliphatic carbocycles. The minimum absolute atomic E-state index is 0.253. The van der Waals surface area contributed by atoms with E-state index in [9.17, 15) is 18.8 Å². The standard InChI is InChI=1S/C27H23FN2O5/c1-34-27(33)24(14-19-15-29-23-5-3-2-4-22(19)23)30-25(31)16-35-21-12-8-18(9-13-21)26(32)17-6-10-20(28)11-7-17/h2-13,15,24,29H,14,16H2,1H3,(H,30,31). The Morgan fingerprint density at radius 3 is 2.29 bits per heavy atom. The van der Waals surface area contributed by atoms with Crippen molar-refractivity contribution >= 4 is 28.6 Å². The first-order valence-corrected chi connectivity index (χ1v) is 10.9. The van der Waals surface area contributed by atoms with Crippen LogP contribution >= 0.6 is 0 Å². The molecule has 4 aromatic rings. The number of rotatable bonds is 9. The van der Waals surface area contributed by atoms with Crippen LogP contribution in [0.1, 0.15) is 21.5 Å². The summed E-state index contributed by atoms with van der Waals surface area (Å²) < 4.78 is 23.4. The van der Waals surface area contributed by atoms with Gasteiger partial charge in [0.25, 0.3) is 5.91 Å². The number of benzene rings is 3. The van der Waals surface area contributed by atoms with Gasteiger partial charge in [-0.3, -0.25) is 9.59 Å². The summed E-state index contributed by atoms with van der Waals surface area (Å²) in [6.45, 7) is -0.327. The van der Waals surface area contributed by atoms with Gasteiger partial charge in [-0.05, 0) is 60.2 Å². The maximum atomic E-state index is 13.1. The lowest BCUT2D eigenvalue weighted by molar-refractivity contribution is -0.145. The lowest BCUT2D eigenvalue weighted by Crippen LogP contribution is -2.44. The number of H-pyrrole nitrogens is 1. The molecule has 0 aliphatic rings. The van der Waals surface area contributed by atoms with E-state index >= 15 is 0 Å². The molecule has 0 aliphatic heterocycles.